The third-order valence-electron chi connectivity index (χ3n) is 5.67. The van der Waals surface area contributed by atoms with E-state index in [1.165, 1.54) is 4.90 Å². The molecule has 1 aromatic heterocycles. The maximum absolute atomic E-state index is 12.9. The van der Waals surface area contributed by atoms with E-state index in [1.54, 1.807) is 12.5 Å². The minimum Gasteiger partial charge on any atom is -0.370 e. The van der Waals surface area contributed by atoms with Crippen molar-refractivity contribution in [2.24, 2.45) is 11.8 Å². The summed E-state index contributed by atoms with van der Waals surface area (Å²) in [6.45, 7) is 1.97. The number of carbonyl (C=O) groups excluding carboxylic acids is 2. The molecule has 2 amide bonds. The number of hydrogen-bond acceptors (Lipinski definition) is 4. The highest BCUT2D eigenvalue weighted by atomic mass is 16.5. The van der Waals surface area contributed by atoms with E-state index in [9.17, 15) is 9.59 Å². The van der Waals surface area contributed by atoms with Crippen LogP contribution in [0.25, 0.3) is 5.69 Å². The third-order valence-corrected chi connectivity index (χ3v) is 5.67. The molecule has 0 saturated carbocycles. The van der Waals surface area contributed by atoms with E-state index in [-0.39, 0.29) is 29.8 Å². The van der Waals surface area contributed by atoms with Crippen LogP contribution in [0.5, 0.6) is 0 Å². The van der Waals surface area contributed by atoms with Gasteiger partial charge in [0.25, 0.3) is 0 Å². The van der Waals surface area contributed by atoms with Crippen molar-refractivity contribution < 1.29 is 14.3 Å². The molecule has 4 atom stereocenters. The van der Waals surface area contributed by atoms with E-state index in [0.717, 1.165) is 18.5 Å². The molecule has 3 aliphatic rings. The molecule has 3 aliphatic heterocycles. The number of nitrogens with zero attached hydrogens (tertiary/aromatic N) is 3. The van der Waals surface area contributed by atoms with Crippen molar-refractivity contribution in [1.82, 2.24) is 9.55 Å². The van der Waals surface area contributed by atoms with Gasteiger partial charge in [0.15, 0.2) is 0 Å². The SMILES string of the molecule is C[C@@]12CC[C@@H](O1)[C@H]1C(=O)N(c3ccc(-n4ccnc4)cc3)C(=O)[C@H]12. The summed E-state index contributed by atoms with van der Waals surface area (Å²) in [4.78, 5) is 31.1. The zero-order valence-corrected chi connectivity index (χ0v) is 13.3. The van der Waals surface area contributed by atoms with Gasteiger partial charge in [-0.05, 0) is 44.0 Å². The summed E-state index contributed by atoms with van der Waals surface area (Å²) in [5, 5.41) is 0. The topological polar surface area (TPSA) is 64.4 Å². The standard InChI is InChI=1S/C18H17N3O3/c1-18-7-6-13(24-18)14-15(18)17(23)21(16(14)22)12-4-2-11(3-5-12)20-9-8-19-10-20/h2-5,8-10,13-15H,6-7H2,1H3/t13-,14-,15+,18+/m1/s1. The number of aromatic nitrogens is 2. The summed E-state index contributed by atoms with van der Waals surface area (Å²) in [6.07, 6.45) is 6.88. The van der Waals surface area contributed by atoms with Crippen LogP contribution in [0.3, 0.4) is 0 Å². The molecule has 6 heteroatoms. The fourth-order valence-corrected chi connectivity index (χ4v) is 4.52. The van der Waals surface area contributed by atoms with Crippen molar-refractivity contribution in [3.8, 4) is 5.69 Å². The van der Waals surface area contributed by atoms with Crippen LogP contribution in [0.4, 0.5) is 5.69 Å². The summed E-state index contributed by atoms with van der Waals surface area (Å²) in [5.41, 5.74) is 1.09. The largest absolute Gasteiger partial charge is 0.370 e. The van der Waals surface area contributed by atoms with Crippen molar-refractivity contribution in [2.45, 2.75) is 31.5 Å². The van der Waals surface area contributed by atoms with Crippen LogP contribution in [0.1, 0.15) is 19.8 Å². The maximum Gasteiger partial charge on any atom is 0.240 e. The number of imidazole rings is 1. The van der Waals surface area contributed by atoms with Gasteiger partial charge in [-0.2, -0.15) is 0 Å². The fourth-order valence-electron chi connectivity index (χ4n) is 4.52. The summed E-state index contributed by atoms with van der Waals surface area (Å²) < 4.78 is 7.82. The molecular formula is C18H17N3O3. The third kappa shape index (κ3) is 1.66. The van der Waals surface area contributed by atoms with Crippen molar-refractivity contribution in [1.29, 1.82) is 0 Å². The van der Waals surface area contributed by atoms with Gasteiger partial charge in [-0.15, -0.1) is 0 Å². The van der Waals surface area contributed by atoms with E-state index in [4.69, 9.17) is 4.74 Å². The average molecular weight is 323 g/mol. The predicted octanol–water partition coefficient (Wildman–Crippen LogP) is 1.93. The minimum absolute atomic E-state index is 0.105. The van der Waals surface area contributed by atoms with Crippen molar-refractivity contribution in [3.05, 3.63) is 43.0 Å². The molecule has 0 spiro atoms. The molecule has 3 fully saturated rings. The lowest BCUT2D eigenvalue weighted by atomic mass is 9.74. The molecule has 0 radical (unpaired) electrons. The first-order valence-electron chi connectivity index (χ1n) is 8.22. The van der Waals surface area contributed by atoms with Gasteiger partial charge in [0.1, 0.15) is 0 Å². The molecule has 1 aromatic carbocycles. The fraction of sp³-hybridized carbons (Fsp3) is 0.389. The second-order valence-electron chi connectivity index (χ2n) is 7.01. The number of benzene rings is 1. The van der Waals surface area contributed by atoms with E-state index in [1.807, 2.05) is 42.0 Å². The number of imide groups is 1. The molecule has 0 aliphatic carbocycles. The molecule has 2 aromatic rings. The molecule has 0 unspecified atom stereocenters. The normalized spacial score (nSPS) is 34.2. The molecule has 0 N–H and O–H groups in total. The van der Waals surface area contributed by atoms with E-state index < -0.39 is 5.60 Å². The van der Waals surface area contributed by atoms with Gasteiger partial charge >= 0.3 is 0 Å². The first-order chi connectivity index (χ1) is 11.6. The molecule has 24 heavy (non-hydrogen) atoms. The van der Waals surface area contributed by atoms with Crippen molar-refractivity contribution >= 4 is 17.5 Å². The first kappa shape index (κ1) is 13.9. The number of anilines is 1. The summed E-state index contributed by atoms with van der Waals surface area (Å²) in [7, 11) is 0. The summed E-state index contributed by atoms with van der Waals surface area (Å²) in [5.74, 6) is -0.888. The van der Waals surface area contributed by atoms with Crippen LogP contribution < -0.4 is 4.90 Å². The number of amides is 2. The van der Waals surface area contributed by atoms with Gasteiger partial charge < -0.3 is 9.30 Å². The Balaban J connectivity index is 1.49. The van der Waals surface area contributed by atoms with Gasteiger partial charge in [-0.3, -0.25) is 9.59 Å². The second kappa shape index (κ2) is 4.54. The molecule has 122 valence electrons. The first-order valence-corrected chi connectivity index (χ1v) is 8.22. The Kier molecular flexibility index (Phi) is 2.63. The Labute approximate surface area is 139 Å². The highest BCUT2D eigenvalue weighted by Gasteiger charge is 2.67. The quantitative estimate of drug-likeness (QED) is 0.792. The summed E-state index contributed by atoms with van der Waals surface area (Å²) >= 11 is 0. The Morgan fingerprint density at radius 1 is 1.17 bits per heavy atom. The zero-order chi connectivity index (χ0) is 16.5. The van der Waals surface area contributed by atoms with Crippen LogP contribution in [-0.4, -0.2) is 33.1 Å². The van der Waals surface area contributed by atoms with Crippen LogP contribution in [0.2, 0.25) is 0 Å². The second-order valence-corrected chi connectivity index (χ2v) is 7.01. The zero-order valence-electron chi connectivity index (χ0n) is 13.3. The Hall–Kier alpha value is -2.47. The van der Waals surface area contributed by atoms with E-state index in [2.05, 4.69) is 4.98 Å². The van der Waals surface area contributed by atoms with Gasteiger partial charge in [0.05, 0.1) is 35.6 Å². The van der Waals surface area contributed by atoms with Gasteiger partial charge in [0.2, 0.25) is 11.8 Å². The van der Waals surface area contributed by atoms with Gasteiger partial charge in [-0.1, -0.05) is 0 Å². The van der Waals surface area contributed by atoms with Crippen LogP contribution >= 0.6 is 0 Å². The van der Waals surface area contributed by atoms with E-state index >= 15 is 0 Å². The molecule has 5 rings (SSSR count). The highest BCUT2D eigenvalue weighted by molar-refractivity contribution is 6.23. The van der Waals surface area contributed by atoms with Gasteiger partial charge in [-0.25, -0.2) is 9.88 Å². The number of ether oxygens (including phenoxy) is 1. The van der Waals surface area contributed by atoms with Crippen LogP contribution in [-0.2, 0) is 14.3 Å². The molecule has 2 bridgehead atoms. The Bertz CT molecular complexity index is 830. The van der Waals surface area contributed by atoms with Crippen LogP contribution in [0, 0.1) is 11.8 Å². The van der Waals surface area contributed by atoms with E-state index in [0.29, 0.717) is 5.69 Å². The van der Waals surface area contributed by atoms with Crippen molar-refractivity contribution in [2.75, 3.05) is 4.90 Å². The van der Waals surface area contributed by atoms with Gasteiger partial charge in [0, 0.05) is 18.1 Å². The minimum atomic E-state index is -0.479. The molecule has 3 saturated heterocycles. The molecule has 4 heterocycles. The maximum atomic E-state index is 12.9. The Morgan fingerprint density at radius 2 is 1.92 bits per heavy atom. The smallest absolute Gasteiger partial charge is 0.240 e. The number of fused-ring (bicyclic) bond motifs is 5. The monoisotopic (exact) mass is 323 g/mol. The van der Waals surface area contributed by atoms with Crippen LogP contribution in [0.15, 0.2) is 43.0 Å². The average Bonchev–Trinajstić information content (AvgIpc) is 3.31. The number of hydrogen-bond donors (Lipinski definition) is 0. The Morgan fingerprint density at radius 3 is 2.58 bits per heavy atom. The highest BCUT2D eigenvalue weighted by Crippen LogP contribution is 2.55. The lowest BCUT2D eigenvalue weighted by molar-refractivity contribution is -0.126. The lowest BCUT2D eigenvalue weighted by Crippen LogP contribution is -2.39. The lowest BCUT2D eigenvalue weighted by Gasteiger charge is -2.26. The summed E-state index contributed by atoms with van der Waals surface area (Å²) in [6, 6.07) is 7.41. The predicted molar refractivity (Wildman–Crippen MR) is 85.5 cm³/mol. The number of rotatable bonds is 2. The molecular weight excluding hydrogens is 306 g/mol. The number of carbonyl (C=O) groups is 2. The molecule has 6 nitrogen and oxygen atoms in total. The van der Waals surface area contributed by atoms with Crippen molar-refractivity contribution in [3.63, 3.8) is 0 Å².